The minimum absolute atomic E-state index is 0.375. The number of carbonyl (C=O) groups excluding carboxylic acids is 2. The second-order valence-corrected chi connectivity index (χ2v) is 6.65. The Morgan fingerprint density at radius 2 is 2.04 bits per heavy atom. The normalized spacial score (nSPS) is 10.9. The molecule has 0 unspecified atom stereocenters. The average molecular weight is 371 g/mol. The van der Waals surface area contributed by atoms with Gasteiger partial charge in [-0.2, -0.15) is 0 Å². The van der Waals surface area contributed by atoms with Crippen molar-refractivity contribution in [3.63, 3.8) is 0 Å². The monoisotopic (exact) mass is 371 g/mol. The molecule has 0 fully saturated rings. The standard InChI is InChI=1S/C19H21N3O3S/c1-15(26-19(24)21-14-23)13-16-6-8-17(9-7-16)25-12-11-22(2)18-5-3-4-10-20-18/h3-10,13-14H,11-12H2,1-2H3,(H,21,23,24)/b15-13-. The molecule has 0 atom stereocenters. The molecule has 0 bridgehead atoms. The number of ether oxygens (including phenoxy) is 1. The predicted molar refractivity (Wildman–Crippen MR) is 105 cm³/mol. The van der Waals surface area contributed by atoms with E-state index < -0.39 is 5.24 Å². The first kappa shape index (κ1) is 19.5. The maximum absolute atomic E-state index is 11.3. The van der Waals surface area contributed by atoms with Gasteiger partial charge in [0, 0.05) is 13.2 Å². The van der Waals surface area contributed by atoms with E-state index >= 15 is 0 Å². The molecule has 0 spiro atoms. The van der Waals surface area contributed by atoms with E-state index in [1.165, 1.54) is 0 Å². The molecule has 0 aliphatic carbocycles. The van der Waals surface area contributed by atoms with E-state index in [2.05, 4.69) is 10.3 Å². The SMILES string of the molecule is C/C(=C/c1ccc(OCCN(C)c2ccccn2)cc1)SC(=O)NC=O. The fraction of sp³-hybridized carbons (Fsp3) is 0.211. The highest BCUT2D eigenvalue weighted by Crippen LogP contribution is 2.20. The molecule has 0 radical (unpaired) electrons. The Labute approximate surface area is 157 Å². The minimum Gasteiger partial charge on any atom is -0.492 e. The minimum atomic E-state index is -0.397. The number of pyridine rings is 1. The number of rotatable bonds is 8. The summed E-state index contributed by atoms with van der Waals surface area (Å²) in [6.45, 7) is 3.08. The number of aromatic nitrogens is 1. The molecule has 0 aliphatic rings. The van der Waals surface area contributed by atoms with Gasteiger partial charge < -0.3 is 9.64 Å². The number of hydrogen-bond donors (Lipinski definition) is 1. The van der Waals surface area contributed by atoms with Gasteiger partial charge in [-0.05, 0) is 59.5 Å². The van der Waals surface area contributed by atoms with Gasteiger partial charge in [0.1, 0.15) is 18.2 Å². The summed E-state index contributed by atoms with van der Waals surface area (Å²) >= 11 is 0.975. The number of anilines is 1. The molecule has 7 heteroatoms. The number of thioether (sulfide) groups is 1. The molecule has 1 aromatic heterocycles. The van der Waals surface area contributed by atoms with Crippen LogP contribution < -0.4 is 15.0 Å². The summed E-state index contributed by atoms with van der Waals surface area (Å²) in [4.78, 5) is 28.6. The van der Waals surface area contributed by atoms with Crippen LogP contribution in [0.4, 0.5) is 10.6 Å². The number of imide groups is 1. The van der Waals surface area contributed by atoms with Crippen LogP contribution in [-0.2, 0) is 4.79 Å². The van der Waals surface area contributed by atoms with Crippen molar-refractivity contribution in [2.75, 3.05) is 25.1 Å². The summed E-state index contributed by atoms with van der Waals surface area (Å²) < 4.78 is 5.76. The number of nitrogens with zero attached hydrogens (tertiary/aromatic N) is 2. The Hall–Kier alpha value is -2.80. The molecule has 1 N–H and O–H groups in total. The number of allylic oxidation sites excluding steroid dienone is 1. The van der Waals surface area contributed by atoms with E-state index in [1.807, 2.05) is 67.4 Å². The molecular weight excluding hydrogens is 350 g/mol. The zero-order valence-electron chi connectivity index (χ0n) is 14.7. The molecule has 0 saturated carbocycles. The molecule has 2 rings (SSSR count). The number of nitrogens with one attached hydrogen (secondary N) is 1. The van der Waals surface area contributed by atoms with Crippen molar-refractivity contribution < 1.29 is 14.3 Å². The highest BCUT2D eigenvalue weighted by molar-refractivity contribution is 8.17. The third-order valence-corrected chi connectivity index (χ3v) is 4.16. The third kappa shape index (κ3) is 6.60. The van der Waals surface area contributed by atoms with Crippen molar-refractivity contribution in [3.8, 4) is 5.75 Å². The largest absolute Gasteiger partial charge is 0.492 e. The number of hydrogen-bond acceptors (Lipinski definition) is 6. The summed E-state index contributed by atoms with van der Waals surface area (Å²) in [6, 6.07) is 13.4. The molecule has 0 aliphatic heterocycles. The Morgan fingerprint density at radius 3 is 2.69 bits per heavy atom. The number of likely N-dealkylation sites (N-methyl/N-ethyl adjacent to an activating group) is 1. The highest BCUT2D eigenvalue weighted by Gasteiger charge is 2.03. The van der Waals surface area contributed by atoms with Crippen LogP contribution in [0.2, 0.25) is 0 Å². The first-order chi connectivity index (χ1) is 12.6. The van der Waals surface area contributed by atoms with Crippen LogP contribution in [-0.4, -0.2) is 36.8 Å². The van der Waals surface area contributed by atoms with Crippen LogP contribution in [0.1, 0.15) is 12.5 Å². The number of carbonyl (C=O) groups is 2. The molecule has 0 saturated heterocycles. The van der Waals surface area contributed by atoms with Crippen LogP contribution in [0.5, 0.6) is 5.75 Å². The van der Waals surface area contributed by atoms with Crippen molar-refractivity contribution in [2.24, 2.45) is 0 Å². The molecule has 1 heterocycles. The maximum atomic E-state index is 11.3. The van der Waals surface area contributed by atoms with Gasteiger partial charge in [-0.3, -0.25) is 14.9 Å². The van der Waals surface area contributed by atoms with Crippen LogP contribution in [0.25, 0.3) is 6.08 Å². The smallest absolute Gasteiger partial charge is 0.289 e. The molecule has 26 heavy (non-hydrogen) atoms. The van der Waals surface area contributed by atoms with Crippen LogP contribution in [0.15, 0.2) is 53.6 Å². The quantitative estimate of drug-likeness (QED) is 0.716. The van der Waals surface area contributed by atoms with E-state index in [4.69, 9.17) is 4.74 Å². The van der Waals surface area contributed by atoms with Crippen molar-refractivity contribution in [1.29, 1.82) is 0 Å². The Balaban J connectivity index is 1.81. The lowest BCUT2D eigenvalue weighted by molar-refractivity contribution is -0.108. The molecule has 136 valence electrons. The van der Waals surface area contributed by atoms with Gasteiger partial charge in [-0.15, -0.1) is 0 Å². The summed E-state index contributed by atoms with van der Waals surface area (Å²) in [6.07, 6.45) is 4.01. The van der Waals surface area contributed by atoms with Gasteiger partial charge in [-0.25, -0.2) is 4.98 Å². The lowest BCUT2D eigenvalue weighted by atomic mass is 10.2. The molecule has 2 aromatic rings. The van der Waals surface area contributed by atoms with Gasteiger partial charge in [0.05, 0.1) is 6.54 Å². The lowest BCUT2D eigenvalue weighted by Gasteiger charge is -2.18. The van der Waals surface area contributed by atoms with E-state index in [0.29, 0.717) is 13.0 Å². The van der Waals surface area contributed by atoms with Gasteiger partial charge >= 0.3 is 0 Å². The van der Waals surface area contributed by atoms with Crippen molar-refractivity contribution in [3.05, 3.63) is 59.1 Å². The summed E-state index contributed by atoms with van der Waals surface area (Å²) in [5, 5.41) is 1.69. The second kappa shape index (κ2) is 10.2. The first-order valence-electron chi connectivity index (χ1n) is 8.04. The first-order valence-corrected chi connectivity index (χ1v) is 8.85. The topological polar surface area (TPSA) is 71.5 Å². The number of amides is 2. The molecular formula is C19H21N3O3S. The van der Waals surface area contributed by atoms with Gasteiger partial charge in [0.25, 0.3) is 5.24 Å². The fourth-order valence-corrected chi connectivity index (χ4v) is 2.74. The predicted octanol–water partition coefficient (Wildman–Crippen LogP) is 3.56. The Morgan fingerprint density at radius 1 is 1.27 bits per heavy atom. The van der Waals surface area contributed by atoms with Gasteiger partial charge in [-0.1, -0.05) is 18.2 Å². The average Bonchev–Trinajstić information content (AvgIpc) is 2.64. The zero-order chi connectivity index (χ0) is 18.8. The summed E-state index contributed by atoms with van der Waals surface area (Å²) in [5.41, 5.74) is 0.951. The highest BCUT2D eigenvalue weighted by atomic mass is 32.2. The van der Waals surface area contributed by atoms with Gasteiger partial charge in [0.2, 0.25) is 6.41 Å². The fourth-order valence-electron chi connectivity index (χ4n) is 2.14. The van der Waals surface area contributed by atoms with E-state index in [1.54, 1.807) is 6.20 Å². The molecule has 1 aromatic carbocycles. The summed E-state index contributed by atoms with van der Waals surface area (Å²) in [5.74, 6) is 1.68. The maximum Gasteiger partial charge on any atom is 0.289 e. The lowest BCUT2D eigenvalue weighted by Crippen LogP contribution is -2.24. The van der Waals surface area contributed by atoms with Crippen molar-refractivity contribution in [2.45, 2.75) is 6.92 Å². The van der Waals surface area contributed by atoms with E-state index in [-0.39, 0.29) is 0 Å². The Bertz CT molecular complexity index is 748. The second-order valence-electron chi connectivity index (χ2n) is 5.43. The Kier molecular flexibility index (Phi) is 7.70. The van der Waals surface area contributed by atoms with E-state index in [0.717, 1.165) is 40.3 Å². The van der Waals surface area contributed by atoms with Crippen LogP contribution in [0, 0.1) is 0 Å². The van der Waals surface area contributed by atoms with Crippen LogP contribution in [0.3, 0.4) is 0 Å². The molecule has 2 amide bonds. The van der Waals surface area contributed by atoms with Crippen molar-refractivity contribution >= 4 is 35.3 Å². The summed E-state index contributed by atoms with van der Waals surface area (Å²) in [7, 11) is 1.97. The van der Waals surface area contributed by atoms with Crippen molar-refractivity contribution in [1.82, 2.24) is 10.3 Å². The molecule has 6 nitrogen and oxygen atoms in total. The zero-order valence-corrected chi connectivity index (χ0v) is 15.5. The van der Waals surface area contributed by atoms with E-state index in [9.17, 15) is 9.59 Å². The van der Waals surface area contributed by atoms with Crippen LogP contribution >= 0.6 is 11.8 Å². The number of benzene rings is 1. The van der Waals surface area contributed by atoms with Gasteiger partial charge in [0.15, 0.2) is 0 Å². The third-order valence-electron chi connectivity index (χ3n) is 3.42.